The summed E-state index contributed by atoms with van der Waals surface area (Å²) in [6, 6.07) is 1.28. The first-order valence-electron chi connectivity index (χ1n) is 3.59. The highest BCUT2D eigenvalue weighted by molar-refractivity contribution is 6.00. The summed E-state index contributed by atoms with van der Waals surface area (Å²) in [5, 5.41) is 20.5. The lowest BCUT2D eigenvalue weighted by Gasteiger charge is -2.00. The van der Waals surface area contributed by atoms with Gasteiger partial charge in [-0.15, -0.1) is 0 Å². The summed E-state index contributed by atoms with van der Waals surface area (Å²) in [4.78, 5) is 11.1. The molecule has 1 heterocycles. The molecule has 2 N–H and O–H groups in total. The Bertz CT molecular complexity index is 405. The van der Waals surface area contributed by atoms with Gasteiger partial charge >= 0.3 is 5.63 Å². The summed E-state index contributed by atoms with van der Waals surface area (Å²) in [5.74, 6) is 0.0565. The van der Waals surface area contributed by atoms with E-state index in [9.17, 15) is 9.90 Å². The molecule has 0 aliphatic heterocycles. The Morgan fingerprint density at radius 2 is 2.23 bits per heavy atom. The van der Waals surface area contributed by atoms with Gasteiger partial charge in [0.1, 0.15) is 17.1 Å². The van der Waals surface area contributed by atoms with E-state index in [1.165, 1.54) is 19.9 Å². The van der Waals surface area contributed by atoms with Crippen molar-refractivity contribution in [1.29, 1.82) is 0 Å². The minimum Gasteiger partial charge on any atom is -0.507 e. The van der Waals surface area contributed by atoms with E-state index in [4.69, 9.17) is 9.62 Å². The van der Waals surface area contributed by atoms with E-state index in [1.54, 1.807) is 0 Å². The molecule has 70 valence electrons. The van der Waals surface area contributed by atoms with Crippen LogP contribution in [0.1, 0.15) is 18.2 Å². The number of aryl methyl sites for hydroxylation is 1. The monoisotopic (exact) mass is 183 g/mol. The van der Waals surface area contributed by atoms with Gasteiger partial charge < -0.3 is 14.7 Å². The van der Waals surface area contributed by atoms with Crippen LogP contribution in [-0.2, 0) is 0 Å². The highest BCUT2D eigenvalue weighted by Gasteiger charge is 2.12. The molecule has 0 aliphatic carbocycles. The predicted molar refractivity (Wildman–Crippen MR) is 45.4 cm³/mol. The van der Waals surface area contributed by atoms with Crippen molar-refractivity contribution < 1.29 is 14.7 Å². The van der Waals surface area contributed by atoms with Gasteiger partial charge in [0.2, 0.25) is 0 Å². The van der Waals surface area contributed by atoms with Crippen LogP contribution in [0.5, 0.6) is 5.75 Å². The van der Waals surface area contributed by atoms with Crippen LogP contribution < -0.4 is 5.63 Å². The molecule has 0 unspecified atom stereocenters. The average molecular weight is 183 g/mol. The molecule has 0 amide bonds. The Kier molecular flexibility index (Phi) is 2.36. The number of aromatic hydroxyl groups is 1. The molecule has 0 radical (unpaired) electrons. The van der Waals surface area contributed by atoms with Gasteiger partial charge in [0.15, 0.2) is 0 Å². The predicted octanol–water partition coefficient (Wildman–Crippen LogP) is 0.852. The van der Waals surface area contributed by atoms with Crippen molar-refractivity contribution in [3.63, 3.8) is 0 Å². The summed E-state index contributed by atoms with van der Waals surface area (Å²) in [7, 11) is 0. The number of hydrogen-bond donors (Lipinski definition) is 2. The third kappa shape index (κ3) is 1.69. The Hall–Kier alpha value is -1.78. The molecule has 1 rings (SSSR count). The summed E-state index contributed by atoms with van der Waals surface area (Å²) >= 11 is 0. The Morgan fingerprint density at radius 1 is 1.62 bits per heavy atom. The molecule has 13 heavy (non-hydrogen) atoms. The van der Waals surface area contributed by atoms with Crippen molar-refractivity contribution in [2.75, 3.05) is 0 Å². The van der Waals surface area contributed by atoms with Crippen LogP contribution in [0.3, 0.4) is 0 Å². The largest absolute Gasteiger partial charge is 0.507 e. The van der Waals surface area contributed by atoms with E-state index in [-0.39, 0.29) is 17.0 Å². The molecule has 0 spiro atoms. The fraction of sp³-hybridized carbons (Fsp3) is 0.250. The maximum atomic E-state index is 11.1. The van der Waals surface area contributed by atoms with Crippen molar-refractivity contribution in [1.82, 2.24) is 0 Å². The third-order valence-corrected chi connectivity index (χ3v) is 1.57. The zero-order valence-electron chi connectivity index (χ0n) is 7.24. The first-order valence-corrected chi connectivity index (χ1v) is 3.59. The quantitative estimate of drug-likeness (QED) is 0.384. The van der Waals surface area contributed by atoms with Crippen LogP contribution >= 0.6 is 0 Å². The second-order valence-electron chi connectivity index (χ2n) is 2.59. The Morgan fingerprint density at radius 3 is 2.69 bits per heavy atom. The van der Waals surface area contributed by atoms with Crippen LogP contribution in [-0.4, -0.2) is 16.0 Å². The highest BCUT2D eigenvalue weighted by atomic mass is 16.4. The van der Waals surface area contributed by atoms with Crippen molar-refractivity contribution in [2.45, 2.75) is 13.8 Å². The van der Waals surface area contributed by atoms with Gasteiger partial charge in [0, 0.05) is 6.07 Å². The van der Waals surface area contributed by atoms with Crippen molar-refractivity contribution in [3.8, 4) is 5.75 Å². The number of oxime groups is 1. The van der Waals surface area contributed by atoms with E-state index in [0.29, 0.717) is 5.76 Å². The zero-order valence-corrected chi connectivity index (χ0v) is 7.24. The smallest absolute Gasteiger partial charge is 0.348 e. The maximum absolute atomic E-state index is 11.1. The zero-order chi connectivity index (χ0) is 10.0. The minimum absolute atomic E-state index is 0.0197. The van der Waals surface area contributed by atoms with E-state index in [2.05, 4.69) is 5.16 Å². The lowest BCUT2D eigenvalue weighted by molar-refractivity contribution is 0.318. The topological polar surface area (TPSA) is 83.0 Å². The average Bonchev–Trinajstić information content (AvgIpc) is 2.02. The number of rotatable bonds is 1. The Labute approximate surface area is 73.9 Å². The first kappa shape index (κ1) is 9.31. The van der Waals surface area contributed by atoms with Crippen LogP contribution in [0.15, 0.2) is 20.4 Å². The molecular formula is C8H9NO4. The van der Waals surface area contributed by atoms with E-state index >= 15 is 0 Å². The standard InChI is InChI=1S/C8H9NO4/c1-4-3-6(10)7(5(2)9-12)8(11)13-4/h3,10,12H,1-2H3/b9-5+. The minimum atomic E-state index is -0.715. The maximum Gasteiger partial charge on any atom is 0.348 e. The second-order valence-corrected chi connectivity index (χ2v) is 2.59. The molecule has 0 aromatic carbocycles. The molecular weight excluding hydrogens is 174 g/mol. The molecule has 0 aliphatic rings. The van der Waals surface area contributed by atoms with Crippen molar-refractivity contribution in [3.05, 3.63) is 27.8 Å². The third-order valence-electron chi connectivity index (χ3n) is 1.57. The highest BCUT2D eigenvalue weighted by Crippen LogP contribution is 2.14. The summed E-state index contributed by atoms with van der Waals surface area (Å²) in [6.07, 6.45) is 0. The van der Waals surface area contributed by atoms with Gasteiger partial charge in [-0.05, 0) is 13.8 Å². The van der Waals surface area contributed by atoms with Crippen LogP contribution in [0.4, 0.5) is 0 Å². The molecule has 0 atom stereocenters. The van der Waals surface area contributed by atoms with Gasteiger partial charge in [-0.1, -0.05) is 5.16 Å². The van der Waals surface area contributed by atoms with Gasteiger partial charge in [-0.2, -0.15) is 0 Å². The number of hydrogen-bond acceptors (Lipinski definition) is 5. The SMILES string of the molecule is C/C(=N\O)c1c(O)cc(C)oc1=O. The fourth-order valence-electron chi connectivity index (χ4n) is 0.979. The van der Waals surface area contributed by atoms with Gasteiger partial charge in [-0.3, -0.25) is 0 Å². The first-order chi connectivity index (χ1) is 6.06. The molecule has 0 bridgehead atoms. The van der Waals surface area contributed by atoms with Crippen LogP contribution in [0.25, 0.3) is 0 Å². The van der Waals surface area contributed by atoms with Gasteiger partial charge in [0.25, 0.3) is 0 Å². The van der Waals surface area contributed by atoms with E-state index < -0.39 is 5.63 Å². The lowest BCUT2D eigenvalue weighted by atomic mass is 10.2. The van der Waals surface area contributed by atoms with Crippen LogP contribution in [0.2, 0.25) is 0 Å². The lowest BCUT2D eigenvalue weighted by Crippen LogP contribution is -2.12. The fourth-order valence-corrected chi connectivity index (χ4v) is 0.979. The summed E-state index contributed by atoms with van der Waals surface area (Å²) in [5.41, 5.74) is -0.813. The molecule has 1 aromatic heterocycles. The van der Waals surface area contributed by atoms with Gasteiger partial charge in [0.05, 0.1) is 5.71 Å². The Balaban J connectivity index is 3.47. The van der Waals surface area contributed by atoms with E-state index in [0.717, 1.165) is 0 Å². The summed E-state index contributed by atoms with van der Waals surface area (Å²) < 4.78 is 4.70. The second kappa shape index (κ2) is 3.30. The molecule has 0 saturated heterocycles. The molecule has 0 saturated carbocycles. The van der Waals surface area contributed by atoms with Crippen molar-refractivity contribution >= 4 is 5.71 Å². The van der Waals surface area contributed by atoms with E-state index in [1.807, 2.05) is 0 Å². The normalized spacial score (nSPS) is 11.7. The van der Waals surface area contributed by atoms with Crippen LogP contribution in [0, 0.1) is 6.92 Å². The molecule has 5 heteroatoms. The van der Waals surface area contributed by atoms with Gasteiger partial charge in [-0.25, -0.2) is 4.79 Å². The molecule has 1 aromatic rings. The van der Waals surface area contributed by atoms with Crippen molar-refractivity contribution in [2.24, 2.45) is 5.16 Å². The molecule has 5 nitrogen and oxygen atoms in total. The summed E-state index contributed by atoms with van der Waals surface area (Å²) in [6.45, 7) is 2.93. The molecule has 0 fully saturated rings. The number of nitrogens with zero attached hydrogens (tertiary/aromatic N) is 1.